The van der Waals surface area contributed by atoms with Gasteiger partial charge in [-0.3, -0.25) is 0 Å². The number of hydrogen-bond donors (Lipinski definition) is 1. The second kappa shape index (κ2) is 5.78. The molecule has 6 nitrogen and oxygen atoms in total. The second-order valence-corrected chi connectivity index (χ2v) is 6.89. The maximum atomic E-state index is 13.1. The predicted octanol–water partition coefficient (Wildman–Crippen LogP) is 3.55. The van der Waals surface area contributed by atoms with E-state index in [-0.39, 0.29) is 5.82 Å². The van der Waals surface area contributed by atoms with Crippen LogP contribution < -0.4 is 5.73 Å². The van der Waals surface area contributed by atoms with Crippen molar-refractivity contribution in [2.75, 3.05) is 0 Å². The third-order valence-electron chi connectivity index (χ3n) is 4.33. The number of nitrogens with zero attached hydrogens (tertiary/aromatic N) is 4. The summed E-state index contributed by atoms with van der Waals surface area (Å²) >= 11 is 3.46. The van der Waals surface area contributed by atoms with Crippen molar-refractivity contribution < 1.29 is 8.91 Å². The van der Waals surface area contributed by atoms with E-state index in [4.69, 9.17) is 10.3 Å². The Kier molecular flexibility index (Phi) is 3.73. The minimum atomic E-state index is -0.506. The zero-order chi connectivity index (χ0) is 16.7. The number of aromatic nitrogens is 4. The van der Waals surface area contributed by atoms with Gasteiger partial charge in [0.2, 0.25) is 0 Å². The van der Waals surface area contributed by atoms with Crippen LogP contribution in [0.2, 0.25) is 0 Å². The van der Waals surface area contributed by atoms with Crippen molar-refractivity contribution in [2.24, 2.45) is 5.73 Å². The summed E-state index contributed by atoms with van der Waals surface area (Å²) in [6, 6.07) is 6.05. The van der Waals surface area contributed by atoms with Gasteiger partial charge in [-0.2, -0.15) is 10.1 Å². The predicted molar refractivity (Wildman–Crippen MR) is 88.8 cm³/mol. The average Bonchev–Trinajstić information content (AvgIpc) is 3.28. The van der Waals surface area contributed by atoms with Crippen molar-refractivity contribution in [2.45, 2.75) is 31.2 Å². The van der Waals surface area contributed by atoms with Crippen LogP contribution in [0.25, 0.3) is 17.3 Å². The Morgan fingerprint density at radius 1 is 1.21 bits per heavy atom. The molecule has 0 radical (unpaired) electrons. The molecule has 0 atom stereocenters. The molecule has 1 aromatic carbocycles. The Hall–Kier alpha value is -2.06. The molecule has 0 aliphatic heterocycles. The lowest BCUT2D eigenvalue weighted by atomic mass is 9.99. The maximum absolute atomic E-state index is 13.1. The Bertz CT molecular complexity index is 867. The molecule has 2 aromatic heterocycles. The highest BCUT2D eigenvalue weighted by atomic mass is 79.9. The van der Waals surface area contributed by atoms with Crippen molar-refractivity contribution >= 4 is 15.9 Å². The molecular formula is C16H15BrFN5O. The molecule has 1 fully saturated rings. The highest BCUT2D eigenvalue weighted by molar-refractivity contribution is 9.10. The van der Waals surface area contributed by atoms with Crippen LogP contribution in [0, 0.1) is 5.82 Å². The van der Waals surface area contributed by atoms with Gasteiger partial charge in [0.1, 0.15) is 5.82 Å². The first-order chi connectivity index (χ1) is 11.5. The number of benzene rings is 1. The van der Waals surface area contributed by atoms with E-state index in [2.05, 4.69) is 31.2 Å². The van der Waals surface area contributed by atoms with Gasteiger partial charge in [0.15, 0.2) is 11.5 Å². The van der Waals surface area contributed by atoms with Crippen molar-refractivity contribution in [1.82, 2.24) is 19.9 Å². The molecule has 3 aromatic rings. The SMILES string of the molecule is NC1(c2noc(-c3nn(-c4ccc(F)cc4)cc3Br)n2)CCCC1. The highest BCUT2D eigenvalue weighted by Crippen LogP contribution is 2.36. The van der Waals surface area contributed by atoms with E-state index in [0.29, 0.717) is 21.9 Å². The standard InChI is InChI=1S/C16H15BrFN5O/c17-12-9-23(11-5-3-10(18)4-6-11)21-13(12)14-20-15(22-24-14)16(19)7-1-2-8-16/h3-6,9H,1-2,7-8,19H2. The molecule has 8 heteroatoms. The number of hydrogen-bond acceptors (Lipinski definition) is 5. The van der Waals surface area contributed by atoms with E-state index in [1.807, 2.05) is 0 Å². The van der Waals surface area contributed by atoms with E-state index < -0.39 is 5.54 Å². The van der Waals surface area contributed by atoms with Crippen molar-refractivity contribution in [3.8, 4) is 17.3 Å². The van der Waals surface area contributed by atoms with Crippen LogP contribution in [0.15, 0.2) is 39.5 Å². The monoisotopic (exact) mass is 391 g/mol. The molecule has 0 unspecified atom stereocenters. The van der Waals surface area contributed by atoms with Crippen molar-refractivity contribution in [1.29, 1.82) is 0 Å². The molecular weight excluding hydrogens is 377 g/mol. The lowest BCUT2D eigenvalue weighted by Crippen LogP contribution is -2.34. The highest BCUT2D eigenvalue weighted by Gasteiger charge is 2.36. The van der Waals surface area contributed by atoms with E-state index in [1.54, 1.807) is 23.0 Å². The van der Waals surface area contributed by atoms with Crippen molar-refractivity contribution in [3.05, 3.63) is 46.6 Å². The van der Waals surface area contributed by atoms with E-state index in [0.717, 1.165) is 31.4 Å². The zero-order valence-electron chi connectivity index (χ0n) is 12.7. The van der Waals surface area contributed by atoms with Crippen LogP contribution in [0.4, 0.5) is 4.39 Å². The normalized spacial score (nSPS) is 16.6. The molecule has 2 N–H and O–H groups in total. The van der Waals surface area contributed by atoms with Gasteiger partial charge in [0.25, 0.3) is 5.89 Å². The van der Waals surface area contributed by atoms with Gasteiger partial charge in [0.05, 0.1) is 15.7 Å². The third kappa shape index (κ3) is 2.65. The van der Waals surface area contributed by atoms with Crippen molar-refractivity contribution in [3.63, 3.8) is 0 Å². The van der Waals surface area contributed by atoms with Gasteiger partial charge < -0.3 is 10.3 Å². The number of halogens is 2. The first kappa shape index (κ1) is 15.5. The fourth-order valence-electron chi connectivity index (χ4n) is 2.98. The third-order valence-corrected chi connectivity index (χ3v) is 4.91. The molecule has 2 heterocycles. The maximum Gasteiger partial charge on any atom is 0.279 e. The summed E-state index contributed by atoms with van der Waals surface area (Å²) in [6.45, 7) is 0. The Morgan fingerprint density at radius 2 is 1.92 bits per heavy atom. The van der Waals surface area contributed by atoms with Crippen LogP contribution in [-0.4, -0.2) is 19.9 Å². The van der Waals surface area contributed by atoms with Gasteiger partial charge >= 0.3 is 0 Å². The summed E-state index contributed by atoms with van der Waals surface area (Å²) in [7, 11) is 0. The molecule has 4 rings (SSSR count). The molecule has 0 saturated heterocycles. The molecule has 0 bridgehead atoms. The fourth-order valence-corrected chi connectivity index (χ4v) is 3.42. The first-order valence-electron chi connectivity index (χ1n) is 7.70. The quantitative estimate of drug-likeness (QED) is 0.737. The summed E-state index contributed by atoms with van der Waals surface area (Å²) in [5, 5.41) is 8.50. The molecule has 1 aliphatic carbocycles. The summed E-state index contributed by atoms with van der Waals surface area (Å²) in [5.74, 6) is 0.546. The Balaban J connectivity index is 1.68. The average molecular weight is 392 g/mol. The smallest absolute Gasteiger partial charge is 0.279 e. The summed E-state index contributed by atoms with van der Waals surface area (Å²) in [4.78, 5) is 4.45. The fraction of sp³-hybridized carbons (Fsp3) is 0.312. The first-order valence-corrected chi connectivity index (χ1v) is 8.49. The lowest BCUT2D eigenvalue weighted by Gasteiger charge is -2.17. The topological polar surface area (TPSA) is 82.8 Å². The van der Waals surface area contributed by atoms with Crippen LogP contribution in [0.1, 0.15) is 31.5 Å². The molecule has 1 saturated carbocycles. The largest absolute Gasteiger partial charge is 0.332 e. The Morgan fingerprint density at radius 3 is 2.62 bits per heavy atom. The van der Waals surface area contributed by atoms with Crippen LogP contribution >= 0.6 is 15.9 Å². The molecule has 0 amide bonds. The van der Waals surface area contributed by atoms with E-state index in [1.165, 1.54) is 12.1 Å². The molecule has 0 spiro atoms. The second-order valence-electron chi connectivity index (χ2n) is 6.03. The minimum absolute atomic E-state index is 0.295. The van der Waals surface area contributed by atoms with E-state index >= 15 is 0 Å². The van der Waals surface area contributed by atoms with Crippen LogP contribution in [0.3, 0.4) is 0 Å². The van der Waals surface area contributed by atoms with Gasteiger partial charge in [-0.15, -0.1) is 0 Å². The van der Waals surface area contributed by atoms with Gasteiger partial charge in [-0.25, -0.2) is 9.07 Å². The summed E-state index contributed by atoms with van der Waals surface area (Å²) < 4.78 is 20.8. The number of nitrogens with two attached hydrogens (primary N) is 1. The molecule has 24 heavy (non-hydrogen) atoms. The van der Waals surface area contributed by atoms with Crippen LogP contribution in [0.5, 0.6) is 0 Å². The number of rotatable bonds is 3. The molecule has 124 valence electrons. The van der Waals surface area contributed by atoms with Gasteiger partial charge in [-0.05, 0) is 53.0 Å². The summed E-state index contributed by atoms with van der Waals surface area (Å²) in [6.07, 6.45) is 5.63. The minimum Gasteiger partial charge on any atom is -0.332 e. The summed E-state index contributed by atoms with van der Waals surface area (Å²) in [5.41, 5.74) is 7.11. The zero-order valence-corrected chi connectivity index (χ0v) is 14.3. The van der Waals surface area contributed by atoms with E-state index in [9.17, 15) is 4.39 Å². The van der Waals surface area contributed by atoms with Gasteiger partial charge in [0, 0.05) is 6.20 Å². The lowest BCUT2D eigenvalue weighted by molar-refractivity contribution is 0.372. The molecule has 1 aliphatic rings. The van der Waals surface area contributed by atoms with Crippen LogP contribution in [-0.2, 0) is 5.54 Å². The van der Waals surface area contributed by atoms with Gasteiger partial charge in [-0.1, -0.05) is 18.0 Å². The Labute approximate surface area is 146 Å².